The maximum atomic E-state index is 3.78. The lowest BCUT2D eigenvalue weighted by molar-refractivity contribution is 0.372. The van der Waals surface area contributed by atoms with Crippen LogP contribution in [0.2, 0.25) is 0 Å². The summed E-state index contributed by atoms with van der Waals surface area (Å²) in [6.07, 6.45) is 2.53. The Morgan fingerprint density at radius 3 is 1.40 bits per heavy atom. The number of hydrogen-bond donors (Lipinski definition) is 1. The molecule has 1 fully saturated rings. The van der Waals surface area contributed by atoms with Crippen LogP contribution in [0.5, 0.6) is 0 Å². The predicted octanol–water partition coefficient (Wildman–Crippen LogP) is 7.44. The first-order chi connectivity index (χ1) is 14.0. The van der Waals surface area contributed by atoms with Gasteiger partial charge in [0, 0.05) is 12.0 Å². The lowest BCUT2D eigenvalue weighted by atomic mass is 9.73. The lowest BCUT2D eigenvalue weighted by Gasteiger charge is -2.32. The number of benzene rings is 2. The van der Waals surface area contributed by atoms with Gasteiger partial charge in [-0.3, -0.25) is 0 Å². The number of hydrogen-bond acceptors (Lipinski definition) is 1. The van der Waals surface area contributed by atoms with Crippen LogP contribution in [0.25, 0.3) is 0 Å². The molecule has 1 atom stereocenters. The third-order valence-electron chi connectivity index (χ3n) is 8.42. The summed E-state index contributed by atoms with van der Waals surface area (Å²) in [4.78, 5) is 0. The number of nitrogens with one attached hydrogen (secondary N) is 1. The first kappa shape index (κ1) is 23.1. The monoisotopic (exact) mass is 405 g/mol. The zero-order valence-corrected chi connectivity index (χ0v) is 20.5. The fourth-order valence-corrected chi connectivity index (χ4v) is 4.56. The molecule has 2 aromatic rings. The van der Waals surface area contributed by atoms with Crippen LogP contribution >= 0.6 is 0 Å². The summed E-state index contributed by atoms with van der Waals surface area (Å²) in [5, 5.41) is 3.78. The van der Waals surface area contributed by atoms with Crippen LogP contribution < -0.4 is 5.32 Å². The molecule has 0 saturated carbocycles. The SMILES string of the molecule is CC(C)C(C)(C)c1ccc(C(c2ccc(C(C)(C)C(C)C)cc2)[C@H]2CCCN2)cc1. The molecule has 1 heterocycles. The molecule has 0 spiro atoms. The van der Waals surface area contributed by atoms with E-state index in [1.165, 1.54) is 35.1 Å². The van der Waals surface area contributed by atoms with Crippen LogP contribution in [0.4, 0.5) is 0 Å². The Bertz CT molecular complexity index is 739. The highest BCUT2D eigenvalue weighted by Gasteiger charge is 2.30. The molecule has 0 amide bonds. The fraction of sp³-hybridized carbons (Fsp3) is 0.586. The Morgan fingerprint density at radius 2 is 1.10 bits per heavy atom. The van der Waals surface area contributed by atoms with Crippen molar-refractivity contribution in [3.05, 3.63) is 70.8 Å². The van der Waals surface area contributed by atoms with Crippen molar-refractivity contribution in [2.45, 2.75) is 91.0 Å². The lowest BCUT2D eigenvalue weighted by Crippen LogP contribution is -2.30. The second-order valence-electron chi connectivity index (χ2n) is 11.2. The summed E-state index contributed by atoms with van der Waals surface area (Å²) >= 11 is 0. The van der Waals surface area contributed by atoms with Crippen molar-refractivity contribution in [1.29, 1.82) is 0 Å². The first-order valence-electron chi connectivity index (χ1n) is 12.0. The molecule has 164 valence electrons. The molecule has 0 aromatic heterocycles. The van der Waals surface area contributed by atoms with E-state index in [4.69, 9.17) is 0 Å². The molecule has 0 radical (unpaired) electrons. The van der Waals surface area contributed by atoms with Crippen LogP contribution in [0.3, 0.4) is 0 Å². The van der Waals surface area contributed by atoms with E-state index in [9.17, 15) is 0 Å². The van der Waals surface area contributed by atoms with Gasteiger partial charge in [-0.1, -0.05) is 104 Å². The van der Waals surface area contributed by atoms with E-state index in [0.29, 0.717) is 23.8 Å². The van der Waals surface area contributed by atoms with Crippen molar-refractivity contribution in [3.63, 3.8) is 0 Å². The minimum Gasteiger partial charge on any atom is -0.313 e. The Balaban J connectivity index is 1.95. The van der Waals surface area contributed by atoms with Crippen molar-refractivity contribution >= 4 is 0 Å². The van der Waals surface area contributed by atoms with Crippen molar-refractivity contribution in [2.24, 2.45) is 11.8 Å². The topological polar surface area (TPSA) is 12.0 Å². The molecule has 1 aliphatic rings. The van der Waals surface area contributed by atoms with Crippen molar-refractivity contribution < 1.29 is 0 Å². The van der Waals surface area contributed by atoms with Gasteiger partial charge in [-0.05, 0) is 64.3 Å². The minimum absolute atomic E-state index is 0.198. The zero-order chi connectivity index (χ0) is 22.1. The first-order valence-corrected chi connectivity index (χ1v) is 12.0. The van der Waals surface area contributed by atoms with E-state index in [1.54, 1.807) is 0 Å². The van der Waals surface area contributed by atoms with E-state index < -0.39 is 0 Å². The Hall–Kier alpha value is -1.60. The number of rotatable bonds is 7. The van der Waals surface area contributed by atoms with Gasteiger partial charge in [0.2, 0.25) is 0 Å². The van der Waals surface area contributed by atoms with Crippen LogP contribution in [0.1, 0.15) is 96.4 Å². The minimum atomic E-state index is 0.198. The molecule has 2 aromatic carbocycles. The summed E-state index contributed by atoms with van der Waals surface area (Å²) in [5.74, 6) is 1.65. The van der Waals surface area contributed by atoms with Gasteiger partial charge >= 0.3 is 0 Å². The molecule has 1 saturated heterocycles. The van der Waals surface area contributed by atoms with Gasteiger partial charge in [-0.25, -0.2) is 0 Å². The van der Waals surface area contributed by atoms with E-state index in [1.807, 2.05) is 0 Å². The average molecular weight is 406 g/mol. The van der Waals surface area contributed by atoms with Gasteiger partial charge in [0.25, 0.3) is 0 Å². The van der Waals surface area contributed by atoms with E-state index in [0.717, 1.165) is 6.54 Å². The van der Waals surface area contributed by atoms with Crippen LogP contribution in [0, 0.1) is 11.8 Å². The van der Waals surface area contributed by atoms with Gasteiger partial charge < -0.3 is 5.32 Å². The normalized spacial score (nSPS) is 18.0. The van der Waals surface area contributed by atoms with Crippen LogP contribution in [-0.2, 0) is 10.8 Å². The third-order valence-corrected chi connectivity index (χ3v) is 8.42. The second kappa shape index (κ2) is 8.87. The van der Waals surface area contributed by atoms with Gasteiger partial charge in [-0.15, -0.1) is 0 Å². The summed E-state index contributed by atoms with van der Waals surface area (Å²) in [7, 11) is 0. The molecule has 0 bridgehead atoms. The Kier molecular flexibility index (Phi) is 6.82. The fourth-order valence-electron chi connectivity index (χ4n) is 4.56. The van der Waals surface area contributed by atoms with E-state index in [-0.39, 0.29) is 10.8 Å². The van der Waals surface area contributed by atoms with Gasteiger partial charge in [0.05, 0.1) is 0 Å². The highest BCUT2D eigenvalue weighted by molar-refractivity contribution is 5.40. The molecule has 0 aliphatic carbocycles. The average Bonchev–Trinajstić information content (AvgIpc) is 3.23. The van der Waals surface area contributed by atoms with Gasteiger partial charge in [0.15, 0.2) is 0 Å². The molecular formula is C29H43N. The summed E-state index contributed by atoms with van der Waals surface area (Å²) in [6, 6.07) is 19.5. The Morgan fingerprint density at radius 1 is 0.700 bits per heavy atom. The van der Waals surface area contributed by atoms with E-state index in [2.05, 4.69) is 109 Å². The molecule has 1 nitrogen and oxygen atoms in total. The molecule has 1 aliphatic heterocycles. The zero-order valence-electron chi connectivity index (χ0n) is 20.5. The maximum absolute atomic E-state index is 3.78. The van der Waals surface area contributed by atoms with Crippen molar-refractivity contribution in [2.75, 3.05) is 6.54 Å². The van der Waals surface area contributed by atoms with Crippen LogP contribution in [0.15, 0.2) is 48.5 Å². The molecule has 1 N–H and O–H groups in total. The molecular weight excluding hydrogens is 362 g/mol. The predicted molar refractivity (Wildman–Crippen MR) is 131 cm³/mol. The van der Waals surface area contributed by atoms with Crippen LogP contribution in [-0.4, -0.2) is 12.6 Å². The standard InChI is InChI=1S/C29H43N/c1-20(2)28(5,6)24-15-11-22(12-16-24)27(26-10-9-19-30-26)23-13-17-25(18-14-23)29(7,8)21(3)4/h11-18,20-21,26-27,30H,9-10,19H2,1-8H3/t26-/m1/s1. The summed E-state index contributed by atoms with van der Waals surface area (Å²) in [6.45, 7) is 19.8. The van der Waals surface area contributed by atoms with Gasteiger partial charge in [0.1, 0.15) is 0 Å². The highest BCUT2D eigenvalue weighted by atomic mass is 14.9. The highest BCUT2D eigenvalue weighted by Crippen LogP contribution is 2.37. The van der Waals surface area contributed by atoms with Gasteiger partial charge in [-0.2, -0.15) is 0 Å². The smallest absolute Gasteiger partial charge is 0.0243 e. The Labute approximate surface area is 185 Å². The summed E-state index contributed by atoms with van der Waals surface area (Å²) in [5.41, 5.74) is 6.15. The van der Waals surface area contributed by atoms with E-state index >= 15 is 0 Å². The third kappa shape index (κ3) is 4.52. The quantitative estimate of drug-likeness (QED) is 0.505. The second-order valence-corrected chi connectivity index (χ2v) is 11.2. The molecule has 0 unspecified atom stereocenters. The molecule has 30 heavy (non-hydrogen) atoms. The van der Waals surface area contributed by atoms with Crippen molar-refractivity contribution in [1.82, 2.24) is 5.32 Å². The molecule has 3 rings (SSSR count). The summed E-state index contributed by atoms with van der Waals surface area (Å²) < 4.78 is 0. The molecule has 1 heteroatoms. The maximum Gasteiger partial charge on any atom is 0.0243 e. The largest absolute Gasteiger partial charge is 0.313 e. The van der Waals surface area contributed by atoms with Crippen molar-refractivity contribution in [3.8, 4) is 0 Å².